The number of furan rings is 1. The first-order chi connectivity index (χ1) is 14.7. The van der Waals surface area contributed by atoms with E-state index in [1.807, 2.05) is 47.0 Å². The Hall–Kier alpha value is -3.07. The molecule has 0 bridgehead atoms. The number of urea groups is 1. The minimum absolute atomic E-state index is 0.0587. The molecule has 8 nitrogen and oxygen atoms in total. The monoisotopic (exact) mass is 425 g/mol. The van der Waals surface area contributed by atoms with Crippen molar-refractivity contribution in [1.82, 2.24) is 25.4 Å². The second-order valence-corrected chi connectivity index (χ2v) is 8.07. The summed E-state index contributed by atoms with van der Waals surface area (Å²) in [6.45, 7) is 0.441. The summed E-state index contributed by atoms with van der Waals surface area (Å²) in [4.78, 5) is 24.2. The molecule has 3 aromatic rings. The third kappa shape index (κ3) is 5.10. The van der Waals surface area contributed by atoms with Gasteiger partial charge in [0.05, 0.1) is 18.6 Å². The fourth-order valence-corrected chi connectivity index (χ4v) is 4.22. The molecule has 9 heteroatoms. The van der Waals surface area contributed by atoms with E-state index in [0.29, 0.717) is 17.5 Å². The topological polar surface area (TPSA) is 102 Å². The number of imide groups is 1. The molecule has 1 aliphatic carbocycles. The van der Waals surface area contributed by atoms with Crippen molar-refractivity contribution in [3.8, 4) is 11.4 Å². The van der Waals surface area contributed by atoms with Crippen molar-refractivity contribution < 1.29 is 14.0 Å². The number of hydrogen-bond donors (Lipinski definition) is 2. The second-order valence-electron chi connectivity index (χ2n) is 7.13. The molecule has 2 aromatic heterocycles. The Kier molecular flexibility index (Phi) is 6.48. The van der Waals surface area contributed by atoms with Gasteiger partial charge in [0.1, 0.15) is 5.76 Å². The average Bonchev–Trinajstić information content (AvgIpc) is 3.50. The molecule has 1 aromatic carbocycles. The predicted octanol–water partition coefficient (Wildman–Crippen LogP) is 3.45. The summed E-state index contributed by atoms with van der Waals surface area (Å²) in [5, 5.41) is 14.4. The van der Waals surface area contributed by atoms with Gasteiger partial charge in [0.2, 0.25) is 5.91 Å². The molecule has 30 heavy (non-hydrogen) atoms. The van der Waals surface area contributed by atoms with Gasteiger partial charge in [-0.3, -0.25) is 14.7 Å². The van der Waals surface area contributed by atoms with Gasteiger partial charge in [-0.15, -0.1) is 10.2 Å². The number of thioether (sulfide) groups is 1. The number of nitrogens with one attached hydrogen (secondary N) is 2. The van der Waals surface area contributed by atoms with Crippen molar-refractivity contribution in [3.63, 3.8) is 0 Å². The average molecular weight is 426 g/mol. The van der Waals surface area contributed by atoms with E-state index in [4.69, 9.17) is 4.42 Å². The molecular weight excluding hydrogens is 402 g/mol. The fourth-order valence-electron chi connectivity index (χ4n) is 3.48. The Labute approximate surface area is 178 Å². The molecule has 0 aliphatic heterocycles. The molecular formula is C21H23N5O3S. The van der Waals surface area contributed by atoms with Gasteiger partial charge >= 0.3 is 6.03 Å². The van der Waals surface area contributed by atoms with Crippen LogP contribution in [-0.2, 0) is 11.3 Å². The molecule has 2 N–H and O–H groups in total. The molecule has 0 radical (unpaired) electrons. The smallest absolute Gasteiger partial charge is 0.321 e. The SMILES string of the molecule is O=C(CSc1nnc(-c2ccccc2)n1Cc1ccco1)NC(=O)NC1CCCC1. The number of aromatic nitrogens is 3. The maximum atomic E-state index is 12.2. The lowest BCUT2D eigenvalue weighted by Gasteiger charge is -2.12. The van der Waals surface area contributed by atoms with Crippen LogP contribution >= 0.6 is 11.8 Å². The highest BCUT2D eigenvalue weighted by Crippen LogP contribution is 2.25. The third-order valence-electron chi connectivity index (χ3n) is 4.92. The van der Waals surface area contributed by atoms with Crippen LogP contribution in [0.25, 0.3) is 11.4 Å². The molecule has 0 spiro atoms. The van der Waals surface area contributed by atoms with E-state index in [1.165, 1.54) is 11.8 Å². The largest absolute Gasteiger partial charge is 0.467 e. The van der Waals surface area contributed by atoms with E-state index >= 15 is 0 Å². The van der Waals surface area contributed by atoms with Crippen molar-refractivity contribution in [3.05, 3.63) is 54.5 Å². The van der Waals surface area contributed by atoms with Crippen LogP contribution in [0.5, 0.6) is 0 Å². The molecule has 3 amide bonds. The van der Waals surface area contributed by atoms with E-state index in [9.17, 15) is 9.59 Å². The Morgan fingerprint density at radius 3 is 2.63 bits per heavy atom. The summed E-state index contributed by atoms with van der Waals surface area (Å²) in [7, 11) is 0. The maximum Gasteiger partial charge on any atom is 0.321 e. The summed E-state index contributed by atoms with van der Waals surface area (Å²) >= 11 is 1.23. The summed E-state index contributed by atoms with van der Waals surface area (Å²) in [5.74, 6) is 1.14. The predicted molar refractivity (Wildman–Crippen MR) is 113 cm³/mol. The lowest BCUT2D eigenvalue weighted by Crippen LogP contribution is -2.44. The van der Waals surface area contributed by atoms with Crippen molar-refractivity contribution in [1.29, 1.82) is 0 Å². The maximum absolute atomic E-state index is 12.2. The lowest BCUT2D eigenvalue weighted by atomic mass is 10.2. The van der Waals surface area contributed by atoms with Crippen molar-refractivity contribution in [2.45, 2.75) is 43.4 Å². The van der Waals surface area contributed by atoms with Crippen molar-refractivity contribution in [2.75, 3.05) is 5.75 Å². The van der Waals surface area contributed by atoms with Crippen LogP contribution in [-0.4, -0.2) is 38.5 Å². The quantitative estimate of drug-likeness (QED) is 0.562. The number of rotatable bonds is 7. The molecule has 0 unspecified atom stereocenters. The molecule has 4 rings (SSSR count). The summed E-state index contributed by atoms with van der Waals surface area (Å²) in [5.41, 5.74) is 0.920. The Bertz CT molecular complexity index is 982. The Morgan fingerprint density at radius 1 is 1.10 bits per heavy atom. The van der Waals surface area contributed by atoms with Gasteiger partial charge in [0.25, 0.3) is 0 Å². The zero-order valence-corrected chi connectivity index (χ0v) is 17.2. The van der Waals surface area contributed by atoms with Gasteiger partial charge < -0.3 is 9.73 Å². The molecule has 0 saturated heterocycles. The second kappa shape index (κ2) is 9.62. The number of carbonyl (C=O) groups excluding carboxylic acids is 2. The number of benzene rings is 1. The van der Waals surface area contributed by atoms with Gasteiger partial charge in [-0.25, -0.2) is 4.79 Å². The van der Waals surface area contributed by atoms with E-state index in [-0.39, 0.29) is 17.7 Å². The first kappa shape index (κ1) is 20.2. The summed E-state index contributed by atoms with van der Waals surface area (Å²) < 4.78 is 7.38. The van der Waals surface area contributed by atoms with E-state index in [2.05, 4.69) is 20.8 Å². The Morgan fingerprint density at radius 2 is 1.90 bits per heavy atom. The highest BCUT2D eigenvalue weighted by molar-refractivity contribution is 7.99. The van der Waals surface area contributed by atoms with Gasteiger partial charge in [-0.2, -0.15) is 0 Å². The highest BCUT2D eigenvalue weighted by Gasteiger charge is 2.20. The summed E-state index contributed by atoms with van der Waals surface area (Å²) in [6, 6.07) is 13.1. The first-order valence-electron chi connectivity index (χ1n) is 9.93. The van der Waals surface area contributed by atoms with Crippen LogP contribution in [0.4, 0.5) is 4.79 Å². The minimum atomic E-state index is -0.436. The lowest BCUT2D eigenvalue weighted by molar-refractivity contribution is -0.117. The highest BCUT2D eigenvalue weighted by atomic mass is 32.2. The molecule has 1 saturated carbocycles. The van der Waals surface area contributed by atoms with Gasteiger partial charge in [-0.1, -0.05) is 54.9 Å². The summed E-state index contributed by atoms with van der Waals surface area (Å²) in [6.07, 6.45) is 5.78. The standard InChI is InChI=1S/C21H23N5O3S/c27-18(23-20(28)22-16-9-4-5-10-16)14-30-21-25-24-19(15-7-2-1-3-8-15)26(21)13-17-11-6-12-29-17/h1-3,6-8,11-12,16H,4-5,9-10,13-14H2,(H2,22,23,27,28). The van der Waals surface area contributed by atoms with Gasteiger partial charge in [0.15, 0.2) is 11.0 Å². The van der Waals surface area contributed by atoms with E-state index < -0.39 is 6.03 Å². The fraction of sp³-hybridized carbons (Fsp3) is 0.333. The first-order valence-corrected chi connectivity index (χ1v) is 10.9. The molecule has 0 atom stereocenters. The van der Waals surface area contributed by atoms with Crippen LogP contribution in [0.15, 0.2) is 58.3 Å². The van der Waals surface area contributed by atoms with E-state index in [0.717, 1.165) is 37.0 Å². The minimum Gasteiger partial charge on any atom is -0.467 e. The molecule has 1 aliphatic rings. The van der Waals surface area contributed by atoms with Gasteiger partial charge in [0, 0.05) is 11.6 Å². The number of hydrogen-bond acceptors (Lipinski definition) is 6. The van der Waals surface area contributed by atoms with E-state index in [1.54, 1.807) is 6.26 Å². The number of nitrogens with zero attached hydrogens (tertiary/aromatic N) is 3. The zero-order valence-electron chi connectivity index (χ0n) is 16.4. The zero-order chi connectivity index (χ0) is 20.8. The Balaban J connectivity index is 1.42. The van der Waals surface area contributed by atoms with Crippen molar-refractivity contribution >= 4 is 23.7 Å². The van der Waals surface area contributed by atoms with Crippen LogP contribution in [0.2, 0.25) is 0 Å². The normalized spacial score (nSPS) is 14.0. The van der Waals surface area contributed by atoms with Gasteiger partial charge in [-0.05, 0) is 25.0 Å². The molecule has 1 fully saturated rings. The van der Waals surface area contributed by atoms with Crippen LogP contribution in [0.1, 0.15) is 31.4 Å². The molecule has 156 valence electrons. The van der Waals surface area contributed by atoms with Crippen LogP contribution in [0.3, 0.4) is 0 Å². The van der Waals surface area contributed by atoms with Crippen LogP contribution in [0, 0.1) is 0 Å². The van der Waals surface area contributed by atoms with Crippen LogP contribution < -0.4 is 10.6 Å². The van der Waals surface area contributed by atoms with Crippen molar-refractivity contribution in [2.24, 2.45) is 0 Å². The third-order valence-corrected chi connectivity index (χ3v) is 5.89. The number of carbonyl (C=O) groups is 2. The molecule has 2 heterocycles. The number of amides is 3.